The van der Waals surface area contributed by atoms with E-state index in [4.69, 9.17) is 11.6 Å². The molecule has 0 saturated heterocycles. The Morgan fingerprint density at radius 2 is 1.49 bits per heavy atom. The van der Waals surface area contributed by atoms with Gasteiger partial charge in [-0.05, 0) is 110 Å². The Labute approximate surface area is 223 Å². The number of benzene rings is 3. The number of rotatable bonds is 7. The van der Waals surface area contributed by atoms with Crippen molar-refractivity contribution >= 4 is 38.9 Å². The second-order valence-electron chi connectivity index (χ2n) is 11.1. The van der Waals surface area contributed by atoms with Gasteiger partial charge in [0, 0.05) is 10.7 Å². The molecule has 5 nitrogen and oxygen atoms in total. The fourth-order valence-electron chi connectivity index (χ4n) is 7.37. The van der Waals surface area contributed by atoms with Crippen LogP contribution in [0.1, 0.15) is 44.1 Å². The van der Waals surface area contributed by atoms with E-state index < -0.39 is 15.9 Å². The quantitative estimate of drug-likeness (QED) is 0.369. The molecule has 4 saturated carbocycles. The molecule has 1 amide bonds. The summed E-state index contributed by atoms with van der Waals surface area (Å²) in [5, 5.41) is 3.30. The van der Waals surface area contributed by atoms with Gasteiger partial charge in [-0.1, -0.05) is 48.0 Å². The van der Waals surface area contributed by atoms with Crippen LogP contribution in [0.5, 0.6) is 0 Å². The van der Waals surface area contributed by atoms with E-state index in [-0.39, 0.29) is 11.4 Å². The van der Waals surface area contributed by atoms with Gasteiger partial charge in [-0.3, -0.25) is 9.10 Å². The first kappa shape index (κ1) is 24.5. The maximum absolute atomic E-state index is 13.5. The minimum Gasteiger partial charge on any atom is -0.325 e. The number of hydrogen-bond donors (Lipinski definition) is 1. The Hall–Kier alpha value is -2.83. The summed E-state index contributed by atoms with van der Waals surface area (Å²) in [6.07, 6.45) is 8.08. The summed E-state index contributed by atoms with van der Waals surface area (Å²) in [4.78, 5) is 13.2. The lowest BCUT2D eigenvalue weighted by atomic mass is 9.48. The molecule has 4 aliphatic carbocycles. The van der Waals surface area contributed by atoms with Crippen LogP contribution in [-0.4, -0.2) is 20.9 Å². The normalized spacial score (nSPS) is 26.1. The van der Waals surface area contributed by atoms with Gasteiger partial charge in [0.2, 0.25) is 5.91 Å². The van der Waals surface area contributed by atoms with Crippen molar-refractivity contribution in [2.45, 2.75) is 48.8 Å². The molecular weight excluding hydrogens is 504 g/mol. The van der Waals surface area contributed by atoms with E-state index in [0.717, 1.165) is 22.1 Å². The monoisotopic (exact) mass is 534 g/mol. The van der Waals surface area contributed by atoms with Crippen LogP contribution in [0, 0.1) is 17.8 Å². The van der Waals surface area contributed by atoms with Crippen molar-refractivity contribution in [1.29, 1.82) is 0 Å². The third-order valence-electron chi connectivity index (χ3n) is 8.53. The topological polar surface area (TPSA) is 66.5 Å². The highest BCUT2D eigenvalue weighted by molar-refractivity contribution is 7.92. The van der Waals surface area contributed by atoms with Crippen LogP contribution in [0.2, 0.25) is 5.02 Å². The number of halogens is 1. The van der Waals surface area contributed by atoms with Crippen LogP contribution in [0.4, 0.5) is 11.4 Å². The number of sulfonamides is 1. The predicted molar refractivity (Wildman–Crippen MR) is 147 cm³/mol. The summed E-state index contributed by atoms with van der Waals surface area (Å²) in [5.74, 6) is 2.20. The Bertz CT molecular complexity index is 1370. The highest BCUT2D eigenvalue weighted by Crippen LogP contribution is 2.60. The number of carbonyl (C=O) groups excluding carboxylic acids is 1. The third-order valence-corrected chi connectivity index (χ3v) is 10.6. The lowest BCUT2D eigenvalue weighted by Crippen LogP contribution is -2.48. The summed E-state index contributed by atoms with van der Waals surface area (Å²) in [6, 6.07) is 22.9. The van der Waals surface area contributed by atoms with E-state index in [1.165, 1.54) is 56.2 Å². The molecule has 0 spiro atoms. The van der Waals surface area contributed by atoms with Gasteiger partial charge in [-0.15, -0.1) is 0 Å². The van der Waals surface area contributed by atoms with Crippen molar-refractivity contribution in [2.75, 3.05) is 16.2 Å². The molecule has 7 heteroatoms. The molecule has 3 aromatic rings. The van der Waals surface area contributed by atoms with Crippen LogP contribution in [-0.2, 0) is 20.2 Å². The van der Waals surface area contributed by atoms with Crippen molar-refractivity contribution in [3.63, 3.8) is 0 Å². The molecule has 0 aromatic heterocycles. The van der Waals surface area contributed by atoms with Gasteiger partial charge in [0.25, 0.3) is 10.0 Å². The van der Waals surface area contributed by atoms with Crippen molar-refractivity contribution in [1.82, 2.24) is 0 Å². The Balaban J connectivity index is 1.21. The van der Waals surface area contributed by atoms with Crippen LogP contribution < -0.4 is 9.62 Å². The smallest absolute Gasteiger partial charge is 0.264 e. The maximum Gasteiger partial charge on any atom is 0.264 e. The summed E-state index contributed by atoms with van der Waals surface area (Å²) >= 11 is 6.16. The minimum absolute atomic E-state index is 0.114. The molecule has 0 heterocycles. The van der Waals surface area contributed by atoms with Crippen LogP contribution in [0.25, 0.3) is 0 Å². The van der Waals surface area contributed by atoms with Gasteiger partial charge >= 0.3 is 0 Å². The number of nitrogens with zero attached hydrogens (tertiary/aromatic N) is 1. The van der Waals surface area contributed by atoms with E-state index in [0.29, 0.717) is 21.8 Å². The highest BCUT2D eigenvalue weighted by Gasteiger charge is 2.51. The summed E-state index contributed by atoms with van der Waals surface area (Å²) in [5.41, 5.74) is 2.69. The molecule has 0 aliphatic heterocycles. The Morgan fingerprint density at radius 3 is 2.08 bits per heavy atom. The fraction of sp³-hybridized carbons (Fsp3) is 0.367. The fourth-order valence-corrected chi connectivity index (χ4v) is 8.99. The van der Waals surface area contributed by atoms with Crippen LogP contribution in [0.3, 0.4) is 0 Å². The second kappa shape index (κ2) is 9.48. The van der Waals surface area contributed by atoms with Gasteiger partial charge in [0.1, 0.15) is 6.54 Å². The first-order chi connectivity index (χ1) is 17.8. The van der Waals surface area contributed by atoms with Gasteiger partial charge in [-0.2, -0.15) is 0 Å². The van der Waals surface area contributed by atoms with Crippen LogP contribution >= 0.6 is 11.6 Å². The largest absolute Gasteiger partial charge is 0.325 e. The van der Waals surface area contributed by atoms with E-state index in [1.54, 1.807) is 42.5 Å². The van der Waals surface area contributed by atoms with Gasteiger partial charge in [-0.25, -0.2) is 8.42 Å². The number of carbonyl (C=O) groups is 1. The molecule has 1 N–H and O–H groups in total. The lowest BCUT2D eigenvalue weighted by Gasteiger charge is -2.57. The second-order valence-corrected chi connectivity index (χ2v) is 13.4. The molecule has 0 atom stereocenters. The van der Waals surface area contributed by atoms with Crippen molar-refractivity contribution in [2.24, 2.45) is 17.8 Å². The Kier molecular flexibility index (Phi) is 6.28. The minimum atomic E-state index is -3.98. The van der Waals surface area contributed by atoms with Crippen molar-refractivity contribution < 1.29 is 13.2 Å². The van der Waals surface area contributed by atoms with Crippen molar-refractivity contribution in [3.8, 4) is 0 Å². The number of anilines is 2. The molecule has 0 radical (unpaired) electrons. The zero-order chi connectivity index (χ0) is 25.6. The standard InChI is InChI=1S/C30H31ClN2O3S/c31-25-5-4-6-27(16-25)33(37(35,36)28-7-2-1-3-8-28)20-29(34)32-26-11-9-24(10-12-26)30-17-21-13-22(18-30)15-23(14-21)19-30/h1-12,16,21-23H,13-15,17-20H2,(H,32,34). The first-order valence-corrected chi connectivity index (χ1v) is 14.9. The summed E-state index contributed by atoms with van der Waals surface area (Å²) in [7, 11) is -3.98. The molecule has 4 bridgehead atoms. The molecule has 4 fully saturated rings. The SMILES string of the molecule is O=C(CN(c1cccc(Cl)c1)S(=O)(=O)c1ccccc1)Nc1ccc(C23CC4CC(CC(C4)C2)C3)cc1. The van der Waals surface area contributed by atoms with Gasteiger partial charge < -0.3 is 5.32 Å². The zero-order valence-electron chi connectivity index (χ0n) is 20.6. The predicted octanol–water partition coefficient (Wildman–Crippen LogP) is 6.64. The molecule has 3 aromatic carbocycles. The van der Waals surface area contributed by atoms with E-state index in [2.05, 4.69) is 17.4 Å². The number of hydrogen-bond acceptors (Lipinski definition) is 3. The maximum atomic E-state index is 13.5. The molecule has 192 valence electrons. The van der Waals surface area contributed by atoms with Gasteiger partial charge in [0.05, 0.1) is 10.6 Å². The lowest BCUT2D eigenvalue weighted by molar-refractivity contribution is -0.114. The molecule has 4 aliphatic rings. The zero-order valence-corrected chi connectivity index (χ0v) is 22.2. The van der Waals surface area contributed by atoms with Crippen LogP contribution in [0.15, 0.2) is 83.8 Å². The van der Waals surface area contributed by atoms with Crippen molar-refractivity contribution in [3.05, 3.63) is 89.4 Å². The average molecular weight is 535 g/mol. The molecule has 7 rings (SSSR count). The highest BCUT2D eigenvalue weighted by atomic mass is 35.5. The first-order valence-electron chi connectivity index (χ1n) is 13.0. The van der Waals surface area contributed by atoms with E-state index >= 15 is 0 Å². The van der Waals surface area contributed by atoms with E-state index in [9.17, 15) is 13.2 Å². The molecular formula is C30H31ClN2O3S. The summed E-state index contributed by atoms with van der Waals surface area (Å²) in [6.45, 7) is -0.367. The average Bonchev–Trinajstić information content (AvgIpc) is 2.87. The Morgan fingerprint density at radius 1 is 0.865 bits per heavy atom. The van der Waals surface area contributed by atoms with E-state index in [1.807, 2.05) is 12.1 Å². The molecule has 37 heavy (non-hydrogen) atoms. The number of amides is 1. The molecule has 0 unspecified atom stereocenters. The van der Waals surface area contributed by atoms with Gasteiger partial charge in [0.15, 0.2) is 0 Å². The number of nitrogens with one attached hydrogen (secondary N) is 1. The third kappa shape index (κ3) is 4.77. The summed E-state index contributed by atoms with van der Waals surface area (Å²) < 4.78 is 28.1.